The highest BCUT2D eigenvalue weighted by Gasteiger charge is 2.61. The van der Waals surface area contributed by atoms with E-state index in [4.69, 9.17) is 14.3 Å². The first-order valence-corrected chi connectivity index (χ1v) is 6.92. The van der Waals surface area contributed by atoms with Crippen molar-refractivity contribution in [3.05, 3.63) is 0 Å². The number of nitrogens with zero attached hydrogens (tertiary/aromatic N) is 1. The zero-order valence-electron chi connectivity index (χ0n) is 11.5. The Balaban J connectivity index is 1.92. The Morgan fingerprint density at radius 1 is 1.06 bits per heavy atom. The van der Waals surface area contributed by atoms with Crippen LogP contribution in [0.4, 0.5) is 0 Å². The number of methoxy groups -OCH3 is 2. The molecule has 0 aromatic carbocycles. The first kappa shape index (κ1) is 12.4. The summed E-state index contributed by atoms with van der Waals surface area (Å²) in [6, 6.07) is 0. The van der Waals surface area contributed by atoms with Crippen LogP contribution in [0.5, 0.6) is 0 Å². The molecule has 0 unspecified atom stereocenters. The summed E-state index contributed by atoms with van der Waals surface area (Å²) in [6.07, 6.45) is 6.41. The lowest BCUT2D eigenvalue weighted by atomic mass is 9.70. The van der Waals surface area contributed by atoms with Crippen LogP contribution in [0.2, 0.25) is 0 Å². The molecule has 18 heavy (non-hydrogen) atoms. The molecule has 3 saturated carbocycles. The maximum absolute atomic E-state index is 5.61. The van der Waals surface area contributed by atoms with Crippen molar-refractivity contribution in [2.45, 2.75) is 44.3 Å². The fourth-order valence-electron chi connectivity index (χ4n) is 4.69. The highest BCUT2D eigenvalue weighted by atomic mass is 16.6. The lowest BCUT2D eigenvalue weighted by Crippen LogP contribution is -2.35. The molecule has 0 N–H and O–H groups in total. The Hall–Kier alpha value is -0.610. The van der Waals surface area contributed by atoms with Crippen LogP contribution < -0.4 is 0 Å². The molecule has 4 heteroatoms. The van der Waals surface area contributed by atoms with Gasteiger partial charge in [-0.15, -0.1) is 0 Å². The maximum Gasteiger partial charge on any atom is 0.106 e. The molecule has 0 heterocycles. The van der Waals surface area contributed by atoms with Gasteiger partial charge in [-0.3, -0.25) is 0 Å². The summed E-state index contributed by atoms with van der Waals surface area (Å²) in [5.74, 6) is 1.40. The highest BCUT2D eigenvalue weighted by molar-refractivity contribution is 5.95. The molecular formula is C14H23NO3. The molecule has 0 aromatic heterocycles. The summed E-state index contributed by atoms with van der Waals surface area (Å²) in [5.41, 5.74) is 1.49. The SMILES string of the molecule is CO/N=C1/[C@@H]2CC[C@@H](C2)C12C[C@H](OC)[C@@H](OC)C2. The second-order valence-corrected chi connectivity index (χ2v) is 5.98. The largest absolute Gasteiger partial charge is 0.399 e. The normalized spacial score (nSPS) is 43.2. The van der Waals surface area contributed by atoms with E-state index >= 15 is 0 Å². The second kappa shape index (κ2) is 4.49. The van der Waals surface area contributed by atoms with Gasteiger partial charge in [-0.2, -0.15) is 0 Å². The molecule has 0 radical (unpaired) electrons. The third kappa shape index (κ3) is 1.55. The molecule has 3 rings (SSSR count). The minimum absolute atomic E-state index is 0.195. The molecule has 3 fully saturated rings. The molecule has 0 aliphatic heterocycles. The van der Waals surface area contributed by atoms with E-state index in [1.165, 1.54) is 25.0 Å². The monoisotopic (exact) mass is 253 g/mol. The summed E-state index contributed by atoms with van der Waals surface area (Å²) in [4.78, 5) is 5.11. The van der Waals surface area contributed by atoms with Crippen LogP contribution in [0.25, 0.3) is 0 Å². The number of hydrogen-bond donors (Lipinski definition) is 0. The van der Waals surface area contributed by atoms with Crippen molar-refractivity contribution in [3.63, 3.8) is 0 Å². The van der Waals surface area contributed by atoms with Crippen molar-refractivity contribution in [2.24, 2.45) is 22.4 Å². The predicted molar refractivity (Wildman–Crippen MR) is 68.5 cm³/mol. The van der Waals surface area contributed by atoms with E-state index in [0.717, 1.165) is 18.8 Å². The van der Waals surface area contributed by atoms with Gasteiger partial charge in [0.2, 0.25) is 0 Å². The Morgan fingerprint density at radius 2 is 1.72 bits per heavy atom. The van der Waals surface area contributed by atoms with E-state index in [1.807, 2.05) is 0 Å². The van der Waals surface area contributed by atoms with Crippen LogP contribution in [-0.2, 0) is 14.3 Å². The van der Waals surface area contributed by atoms with Crippen LogP contribution in [0, 0.1) is 17.3 Å². The lowest BCUT2D eigenvalue weighted by Gasteiger charge is -2.34. The fourth-order valence-corrected chi connectivity index (χ4v) is 4.69. The number of oxime groups is 1. The van der Waals surface area contributed by atoms with Crippen LogP contribution >= 0.6 is 0 Å². The molecule has 2 bridgehead atoms. The van der Waals surface area contributed by atoms with E-state index in [-0.39, 0.29) is 17.6 Å². The minimum atomic E-state index is 0.195. The zero-order chi connectivity index (χ0) is 12.8. The molecule has 0 saturated heterocycles. The smallest absolute Gasteiger partial charge is 0.106 e. The van der Waals surface area contributed by atoms with Crippen molar-refractivity contribution >= 4 is 5.71 Å². The van der Waals surface area contributed by atoms with Crippen LogP contribution in [-0.4, -0.2) is 39.2 Å². The molecule has 3 aliphatic rings. The molecule has 1 spiro atoms. The van der Waals surface area contributed by atoms with E-state index in [0.29, 0.717) is 5.92 Å². The van der Waals surface area contributed by atoms with Gasteiger partial charge in [0.25, 0.3) is 0 Å². The Labute approximate surface area is 109 Å². The third-order valence-corrected chi connectivity index (χ3v) is 5.45. The van der Waals surface area contributed by atoms with Crippen LogP contribution in [0.3, 0.4) is 0 Å². The van der Waals surface area contributed by atoms with Crippen LogP contribution in [0.15, 0.2) is 5.16 Å². The number of rotatable bonds is 3. The Morgan fingerprint density at radius 3 is 2.28 bits per heavy atom. The van der Waals surface area contributed by atoms with Gasteiger partial charge < -0.3 is 14.3 Å². The van der Waals surface area contributed by atoms with Gasteiger partial charge in [0.15, 0.2) is 0 Å². The van der Waals surface area contributed by atoms with Gasteiger partial charge in [-0.25, -0.2) is 0 Å². The first-order valence-electron chi connectivity index (χ1n) is 6.92. The molecule has 4 atom stereocenters. The van der Waals surface area contributed by atoms with Crippen molar-refractivity contribution in [3.8, 4) is 0 Å². The quantitative estimate of drug-likeness (QED) is 0.724. The summed E-state index contributed by atoms with van der Waals surface area (Å²) in [6.45, 7) is 0. The Bertz CT molecular complexity index is 343. The van der Waals surface area contributed by atoms with Gasteiger partial charge in [0, 0.05) is 25.6 Å². The topological polar surface area (TPSA) is 40.0 Å². The Kier molecular flexibility index (Phi) is 3.10. The van der Waals surface area contributed by atoms with E-state index in [2.05, 4.69) is 5.16 Å². The number of fused-ring (bicyclic) bond motifs is 3. The highest BCUT2D eigenvalue weighted by Crippen LogP contribution is 2.61. The first-order chi connectivity index (χ1) is 8.75. The van der Waals surface area contributed by atoms with Crippen molar-refractivity contribution < 1.29 is 14.3 Å². The molecule has 3 aliphatic carbocycles. The lowest BCUT2D eigenvalue weighted by molar-refractivity contribution is -0.0157. The van der Waals surface area contributed by atoms with Gasteiger partial charge in [0.05, 0.1) is 17.9 Å². The average molecular weight is 253 g/mol. The minimum Gasteiger partial charge on any atom is -0.399 e. The van der Waals surface area contributed by atoms with Gasteiger partial charge >= 0.3 is 0 Å². The number of hydrogen-bond acceptors (Lipinski definition) is 4. The van der Waals surface area contributed by atoms with Crippen LogP contribution in [0.1, 0.15) is 32.1 Å². The number of ether oxygens (including phenoxy) is 2. The van der Waals surface area contributed by atoms with Gasteiger partial charge in [-0.1, -0.05) is 5.16 Å². The summed E-state index contributed by atoms with van der Waals surface area (Å²) in [5, 5.41) is 4.38. The van der Waals surface area contributed by atoms with Crippen molar-refractivity contribution in [1.29, 1.82) is 0 Å². The molecule has 4 nitrogen and oxygen atoms in total. The zero-order valence-corrected chi connectivity index (χ0v) is 11.5. The van der Waals surface area contributed by atoms with Crippen molar-refractivity contribution in [2.75, 3.05) is 21.3 Å². The van der Waals surface area contributed by atoms with E-state index in [9.17, 15) is 0 Å². The van der Waals surface area contributed by atoms with E-state index in [1.54, 1.807) is 21.3 Å². The molecular weight excluding hydrogens is 230 g/mol. The predicted octanol–water partition coefficient (Wildman–Crippen LogP) is 2.23. The third-order valence-electron chi connectivity index (χ3n) is 5.45. The standard InChI is InChI=1S/C14H23NO3/c1-16-11-7-14(8-12(11)17-2)10-5-4-9(6-10)13(14)15-18-3/h9-12H,4-8H2,1-3H3/b15-13-/t9-,10+,11+,12+/m1/s1. The molecule has 102 valence electrons. The van der Waals surface area contributed by atoms with E-state index < -0.39 is 0 Å². The summed E-state index contributed by atoms with van der Waals surface area (Å²) in [7, 11) is 5.23. The maximum atomic E-state index is 5.61. The summed E-state index contributed by atoms with van der Waals surface area (Å²) < 4.78 is 11.2. The fraction of sp³-hybridized carbons (Fsp3) is 0.929. The average Bonchev–Trinajstić information content (AvgIpc) is 3.06. The molecule has 0 aromatic rings. The van der Waals surface area contributed by atoms with Crippen molar-refractivity contribution in [1.82, 2.24) is 0 Å². The van der Waals surface area contributed by atoms with Gasteiger partial charge in [-0.05, 0) is 38.0 Å². The summed E-state index contributed by atoms with van der Waals surface area (Å²) >= 11 is 0. The molecule has 0 amide bonds. The second-order valence-electron chi connectivity index (χ2n) is 5.98. The van der Waals surface area contributed by atoms with Gasteiger partial charge in [0.1, 0.15) is 7.11 Å².